The second-order valence-electron chi connectivity index (χ2n) is 19.7. The van der Waals surface area contributed by atoms with Crippen molar-refractivity contribution in [3.05, 3.63) is 83.3 Å². The maximum absolute atomic E-state index is 12.5. The van der Waals surface area contributed by atoms with E-state index in [2.05, 4.69) is 37.4 Å². The Bertz CT molecular complexity index is 2350. The first-order chi connectivity index (χ1) is 33.5. The number of nitrogens with one attached hydrogen (secondary N) is 2. The fraction of sp³-hybridized carbons (Fsp3) is 0.538. The number of methoxy groups -OCH3 is 1. The molecule has 0 saturated carbocycles. The summed E-state index contributed by atoms with van der Waals surface area (Å²) in [5.74, 6) is 0.780. The first-order valence-corrected chi connectivity index (χ1v) is 24.9. The number of likely N-dealkylation sites (tertiary alicyclic amines) is 2. The van der Waals surface area contributed by atoms with Gasteiger partial charge in [0.15, 0.2) is 0 Å². The van der Waals surface area contributed by atoms with Gasteiger partial charge in [0.1, 0.15) is 40.3 Å². The van der Waals surface area contributed by atoms with Gasteiger partial charge in [-0.2, -0.15) is 0 Å². The van der Waals surface area contributed by atoms with Crippen molar-refractivity contribution >= 4 is 76.0 Å². The number of carbonyl (C=O) groups excluding carboxylic acids is 8. The van der Waals surface area contributed by atoms with Gasteiger partial charge < -0.3 is 44.1 Å². The molecule has 2 unspecified atom stereocenters. The van der Waals surface area contributed by atoms with Crippen LogP contribution in [0.3, 0.4) is 0 Å². The molecule has 2 aromatic rings. The molecule has 0 bridgehead atoms. The van der Waals surface area contributed by atoms with E-state index >= 15 is 0 Å². The average molecular weight is 1100 g/mol. The zero-order valence-corrected chi connectivity index (χ0v) is 44.4. The number of halogens is 2. The molecule has 4 fully saturated rings. The Kier molecular flexibility index (Phi) is 23.4. The minimum Gasteiger partial charge on any atom is -0.466 e. The van der Waals surface area contributed by atoms with Gasteiger partial charge in [0.05, 0.1) is 31.1 Å². The summed E-state index contributed by atoms with van der Waals surface area (Å²) in [7, 11) is 1.33. The number of rotatable bonds is 9. The Morgan fingerprint density at radius 3 is 1.66 bits per heavy atom. The molecule has 2 aromatic carbocycles. The van der Waals surface area contributed by atoms with E-state index in [9.17, 15) is 38.4 Å². The van der Waals surface area contributed by atoms with Crippen molar-refractivity contribution in [3.8, 4) is 11.5 Å². The molecule has 0 aromatic heterocycles. The zero-order chi connectivity index (χ0) is 52.0. The van der Waals surface area contributed by atoms with Gasteiger partial charge in [-0.25, -0.2) is 14.4 Å². The van der Waals surface area contributed by atoms with Crippen molar-refractivity contribution < 1.29 is 62.0 Å². The van der Waals surface area contributed by atoms with E-state index in [-0.39, 0.29) is 68.6 Å². The molecule has 0 spiro atoms. The summed E-state index contributed by atoms with van der Waals surface area (Å²) in [5.41, 5.74) is 6.56. The smallest absolute Gasteiger partial charge is 0.410 e. The second kappa shape index (κ2) is 27.9. The highest BCUT2D eigenvalue weighted by Crippen LogP contribution is 2.33. The van der Waals surface area contributed by atoms with E-state index in [1.807, 2.05) is 84.0 Å². The lowest BCUT2D eigenvalue weighted by Crippen LogP contribution is -2.53. The van der Waals surface area contributed by atoms with E-state index in [0.29, 0.717) is 85.6 Å². The molecule has 2 atom stereocenters. The fourth-order valence-corrected chi connectivity index (χ4v) is 8.50. The molecule has 0 radical (unpaired) electrons. The van der Waals surface area contributed by atoms with Crippen molar-refractivity contribution in [1.29, 1.82) is 0 Å². The van der Waals surface area contributed by atoms with Crippen LogP contribution in [0.5, 0.6) is 11.5 Å². The van der Waals surface area contributed by atoms with Gasteiger partial charge >= 0.3 is 18.2 Å². The molecular weight excluding hydrogens is 1030 g/mol. The van der Waals surface area contributed by atoms with Crippen LogP contribution < -0.4 is 25.8 Å². The van der Waals surface area contributed by atoms with E-state index in [1.165, 1.54) is 24.2 Å². The van der Waals surface area contributed by atoms with Gasteiger partial charge in [-0.05, 0) is 127 Å². The summed E-state index contributed by atoms with van der Waals surface area (Å²) in [4.78, 5) is 97.9. The third-order valence-corrected chi connectivity index (χ3v) is 12.4. The number of nitrogens with two attached hydrogens (primary N) is 1. The van der Waals surface area contributed by atoms with Crippen LogP contribution in [0, 0.1) is 0 Å². The van der Waals surface area contributed by atoms with Crippen LogP contribution in [0.1, 0.15) is 123 Å². The Labute approximate surface area is 442 Å². The molecule has 5 heterocycles. The van der Waals surface area contributed by atoms with Crippen LogP contribution in [-0.4, -0.2) is 131 Å². The Morgan fingerprint density at radius 1 is 0.726 bits per heavy atom. The number of hydrogen-bond donors (Lipinski definition) is 3. The normalized spacial score (nSPS) is 19.7. The Balaban J connectivity index is 0.000000325. The number of carbonyl (C=O) groups is 8. The van der Waals surface area contributed by atoms with E-state index < -0.39 is 35.2 Å². The summed E-state index contributed by atoms with van der Waals surface area (Å²) in [6.07, 6.45) is 6.95. The van der Waals surface area contributed by atoms with Crippen molar-refractivity contribution in [2.24, 2.45) is 5.73 Å². The SMILES string of the molecule is C.CC(C)(C)OC(=O)N1CCC(c2cccc(OC3=CC(=O)N(C4CCC(=O)NC4=O)C3)c2)CC1.COC(=O)/C=C(\CBr)Oc1cccc(C2CCN(C(=O)OC(C)(C)C)CC2)c1.Cl.NC1CCC(=O)NC1=O. The molecule has 5 aliphatic rings. The monoisotopic (exact) mass is 1100 g/mol. The maximum atomic E-state index is 12.5. The summed E-state index contributed by atoms with van der Waals surface area (Å²) < 4.78 is 27.4. The largest absolute Gasteiger partial charge is 0.466 e. The molecule has 21 heteroatoms. The molecule has 7 rings (SSSR count). The quantitative estimate of drug-likeness (QED) is 0.0564. The van der Waals surface area contributed by atoms with Crippen LogP contribution in [0.2, 0.25) is 0 Å². The third-order valence-electron chi connectivity index (χ3n) is 11.8. The standard InChI is InChI=1S/C25H31N3O6.C21H28BrNO5.C5H8N2O2.CH4.ClH/c1-25(2,3)34-24(32)27-11-9-16(10-12-27)17-5-4-6-18(13-17)33-19-14-22(30)28(15-19)20-7-8-21(29)26-23(20)31;1-21(2,3)28-20(25)23-10-8-15(9-11-23)16-6-5-7-17(12-16)27-18(14-22)13-19(24)26-4;6-3-1-2-4(8)7-5(3)9;;/h4-6,13-14,16,20H,7-12,15H2,1-3H3,(H,26,29,31);5-7,12-13,15H,8-11,14H2,1-4H3;3H,1-2,6H2,(H,7,8,9);1H4;1H/b;18-13+;;;. The minimum atomic E-state index is -0.663. The van der Waals surface area contributed by atoms with Gasteiger partial charge in [-0.15, -0.1) is 12.4 Å². The summed E-state index contributed by atoms with van der Waals surface area (Å²) >= 11 is 3.32. The molecule has 4 N–H and O–H groups in total. The number of piperidine rings is 4. The Morgan fingerprint density at radius 2 is 1.21 bits per heavy atom. The summed E-state index contributed by atoms with van der Waals surface area (Å²) in [6.45, 7) is 14.0. The maximum Gasteiger partial charge on any atom is 0.410 e. The zero-order valence-electron chi connectivity index (χ0n) is 42.0. The molecule has 4 saturated heterocycles. The van der Waals surface area contributed by atoms with Crippen molar-refractivity contribution in [2.75, 3.05) is 45.2 Å². The third kappa shape index (κ3) is 19.4. The van der Waals surface area contributed by atoms with Crippen molar-refractivity contribution in [3.63, 3.8) is 0 Å². The highest BCUT2D eigenvalue weighted by molar-refractivity contribution is 9.09. The van der Waals surface area contributed by atoms with Crippen molar-refractivity contribution in [1.82, 2.24) is 25.3 Å². The van der Waals surface area contributed by atoms with Gasteiger partial charge in [0.25, 0.3) is 5.91 Å². The van der Waals surface area contributed by atoms with Crippen molar-refractivity contribution in [2.45, 2.75) is 135 Å². The van der Waals surface area contributed by atoms with E-state index in [0.717, 1.165) is 36.8 Å². The highest BCUT2D eigenvalue weighted by Gasteiger charge is 2.38. The number of alkyl halides is 1. The summed E-state index contributed by atoms with van der Waals surface area (Å²) in [6, 6.07) is 14.5. The molecule has 5 aliphatic heterocycles. The molecule has 19 nitrogen and oxygen atoms in total. The molecule has 73 heavy (non-hydrogen) atoms. The predicted octanol–water partition coefficient (Wildman–Crippen LogP) is 7.15. The van der Waals surface area contributed by atoms with E-state index in [1.54, 1.807) is 9.80 Å². The fourth-order valence-electron chi connectivity index (χ4n) is 8.22. The van der Waals surface area contributed by atoms with Crippen LogP contribution in [0.15, 0.2) is 72.2 Å². The first kappa shape index (κ1) is 61.3. The van der Waals surface area contributed by atoms with Gasteiger partial charge in [0, 0.05) is 45.1 Å². The number of ether oxygens (including phenoxy) is 5. The number of nitrogens with zero attached hydrogens (tertiary/aromatic N) is 3. The minimum absolute atomic E-state index is 0. The lowest BCUT2D eigenvalue weighted by Gasteiger charge is -2.33. The summed E-state index contributed by atoms with van der Waals surface area (Å²) in [5, 5.41) is 4.82. The number of amides is 7. The number of benzene rings is 2. The van der Waals surface area contributed by atoms with Gasteiger partial charge in [-0.3, -0.25) is 34.6 Å². The lowest BCUT2D eigenvalue weighted by molar-refractivity contribution is -0.142. The van der Waals surface area contributed by atoms with E-state index in [4.69, 9.17) is 24.7 Å². The van der Waals surface area contributed by atoms with Crippen LogP contribution in [-0.2, 0) is 43.0 Å². The molecule has 7 amide bonds. The molecule has 0 aliphatic carbocycles. The topological polar surface area (TPSA) is 243 Å². The number of esters is 1. The number of imide groups is 2. The lowest BCUT2D eigenvalue weighted by atomic mass is 9.89. The van der Waals surface area contributed by atoms with Crippen LogP contribution in [0.4, 0.5) is 9.59 Å². The average Bonchev–Trinajstić information content (AvgIpc) is 3.68. The number of hydrogen-bond acceptors (Lipinski definition) is 14. The first-order valence-electron chi connectivity index (χ1n) is 23.8. The predicted molar refractivity (Wildman–Crippen MR) is 278 cm³/mol. The van der Waals surface area contributed by atoms with Gasteiger partial charge in [0.2, 0.25) is 23.6 Å². The number of allylic oxidation sites excluding steroid dienone is 1. The molecule has 402 valence electrons. The molecular formula is C52H72BrClN6O13. The highest BCUT2D eigenvalue weighted by atomic mass is 79.9. The Hall–Kier alpha value is -5.99. The van der Waals surface area contributed by atoms with Gasteiger partial charge in [-0.1, -0.05) is 47.6 Å². The second-order valence-corrected chi connectivity index (χ2v) is 20.3. The van der Waals surface area contributed by atoms with Crippen LogP contribution in [0.25, 0.3) is 0 Å². The van der Waals surface area contributed by atoms with Crippen LogP contribution >= 0.6 is 28.3 Å².